The SMILES string of the molecule is CCCCCCCCCCCCC(=O)NCCCS(=O)(=O)O. The number of nitrogens with one attached hydrogen (secondary N) is 1. The molecule has 0 spiro atoms. The summed E-state index contributed by atoms with van der Waals surface area (Å²) in [6.07, 6.45) is 13.1. The van der Waals surface area contributed by atoms with Crippen molar-refractivity contribution in [3.05, 3.63) is 0 Å². The summed E-state index contributed by atoms with van der Waals surface area (Å²) in [7, 11) is -3.91. The van der Waals surface area contributed by atoms with Crippen molar-refractivity contribution in [3.63, 3.8) is 0 Å². The molecule has 0 saturated heterocycles. The van der Waals surface area contributed by atoms with Gasteiger partial charge < -0.3 is 5.32 Å². The molecular weight excluding hydrogens is 302 g/mol. The van der Waals surface area contributed by atoms with E-state index in [0.717, 1.165) is 12.8 Å². The van der Waals surface area contributed by atoms with Gasteiger partial charge in [-0.3, -0.25) is 9.35 Å². The molecule has 0 radical (unpaired) electrons. The summed E-state index contributed by atoms with van der Waals surface area (Å²) in [5.41, 5.74) is 0. The Morgan fingerprint density at radius 1 is 0.864 bits per heavy atom. The molecule has 0 aliphatic rings. The van der Waals surface area contributed by atoms with E-state index in [1.165, 1.54) is 51.4 Å². The van der Waals surface area contributed by atoms with Crippen molar-refractivity contribution >= 4 is 16.0 Å². The predicted molar refractivity (Wildman–Crippen MR) is 90.5 cm³/mol. The van der Waals surface area contributed by atoms with Crippen molar-refractivity contribution in [1.29, 1.82) is 0 Å². The van der Waals surface area contributed by atoms with Crippen LogP contribution in [-0.4, -0.2) is 31.2 Å². The van der Waals surface area contributed by atoms with Gasteiger partial charge in [-0.25, -0.2) is 0 Å². The molecule has 5 nitrogen and oxygen atoms in total. The van der Waals surface area contributed by atoms with Crippen molar-refractivity contribution in [2.45, 2.75) is 84.0 Å². The molecule has 2 N–H and O–H groups in total. The summed E-state index contributed by atoms with van der Waals surface area (Å²) in [4.78, 5) is 11.5. The Morgan fingerprint density at radius 3 is 1.86 bits per heavy atom. The van der Waals surface area contributed by atoms with Crippen LogP contribution in [-0.2, 0) is 14.9 Å². The van der Waals surface area contributed by atoms with Crippen LogP contribution in [0.1, 0.15) is 84.0 Å². The van der Waals surface area contributed by atoms with Gasteiger partial charge in [-0.05, 0) is 12.8 Å². The first kappa shape index (κ1) is 21.4. The van der Waals surface area contributed by atoms with E-state index < -0.39 is 10.1 Å². The standard InChI is InChI=1S/C16H33NO4S/c1-2-3-4-5-6-7-8-9-10-11-13-16(18)17-14-12-15-22(19,20)21/h2-15H2,1H3,(H,17,18)(H,19,20,21). The zero-order valence-electron chi connectivity index (χ0n) is 14.0. The predicted octanol–water partition coefficient (Wildman–Crippen LogP) is 3.69. The highest BCUT2D eigenvalue weighted by molar-refractivity contribution is 7.85. The molecule has 0 aliphatic heterocycles. The number of hydrogen-bond donors (Lipinski definition) is 2. The quantitative estimate of drug-likeness (QED) is 0.353. The Morgan fingerprint density at radius 2 is 1.36 bits per heavy atom. The smallest absolute Gasteiger partial charge is 0.264 e. The summed E-state index contributed by atoms with van der Waals surface area (Å²) < 4.78 is 29.5. The maximum absolute atomic E-state index is 11.5. The lowest BCUT2D eigenvalue weighted by molar-refractivity contribution is -0.121. The van der Waals surface area contributed by atoms with E-state index in [1.54, 1.807) is 0 Å². The molecule has 0 atom stereocenters. The number of unbranched alkanes of at least 4 members (excludes halogenated alkanes) is 9. The van der Waals surface area contributed by atoms with Gasteiger partial charge in [-0.15, -0.1) is 0 Å². The number of carbonyl (C=O) groups is 1. The second-order valence-corrected chi connectivity index (χ2v) is 7.49. The van der Waals surface area contributed by atoms with Gasteiger partial charge in [0.05, 0.1) is 5.75 Å². The highest BCUT2D eigenvalue weighted by atomic mass is 32.2. The van der Waals surface area contributed by atoms with Crippen LogP contribution in [0.5, 0.6) is 0 Å². The van der Waals surface area contributed by atoms with Gasteiger partial charge in [0, 0.05) is 13.0 Å². The van der Waals surface area contributed by atoms with Gasteiger partial charge >= 0.3 is 0 Å². The van der Waals surface area contributed by atoms with Crippen molar-refractivity contribution in [3.8, 4) is 0 Å². The van der Waals surface area contributed by atoms with Crippen molar-refractivity contribution in [2.24, 2.45) is 0 Å². The Labute approximate surface area is 136 Å². The molecule has 0 heterocycles. The lowest BCUT2D eigenvalue weighted by atomic mass is 10.1. The van der Waals surface area contributed by atoms with Gasteiger partial charge in [-0.1, -0.05) is 64.7 Å². The van der Waals surface area contributed by atoms with Crippen molar-refractivity contribution in [1.82, 2.24) is 5.32 Å². The molecule has 0 aromatic heterocycles. The first-order chi connectivity index (χ1) is 10.5. The minimum atomic E-state index is -3.91. The minimum absolute atomic E-state index is 0.0325. The lowest BCUT2D eigenvalue weighted by Gasteiger charge is -2.05. The van der Waals surface area contributed by atoms with E-state index >= 15 is 0 Å². The molecule has 0 saturated carbocycles. The first-order valence-corrected chi connectivity index (χ1v) is 10.3. The number of rotatable bonds is 15. The summed E-state index contributed by atoms with van der Waals surface area (Å²) >= 11 is 0. The topological polar surface area (TPSA) is 83.5 Å². The second-order valence-electron chi connectivity index (χ2n) is 5.92. The molecule has 1 amide bonds. The maximum Gasteiger partial charge on any atom is 0.264 e. The van der Waals surface area contributed by atoms with E-state index in [0.29, 0.717) is 13.0 Å². The molecule has 0 aromatic carbocycles. The van der Waals surface area contributed by atoms with Crippen LogP contribution >= 0.6 is 0 Å². The summed E-state index contributed by atoms with van der Waals surface area (Å²) in [5, 5.41) is 2.67. The monoisotopic (exact) mass is 335 g/mol. The molecule has 0 aromatic rings. The first-order valence-electron chi connectivity index (χ1n) is 8.67. The molecule has 0 bridgehead atoms. The van der Waals surface area contributed by atoms with Gasteiger partial charge in [0.1, 0.15) is 0 Å². The van der Waals surface area contributed by atoms with Crippen LogP contribution in [0.15, 0.2) is 0 Å². The van der Waals surface area contributed by atoms with E-state index in [4.69, 9.17) is 4.55 Å². The largest absolute Gasteiger partial charge is 0.356 e. The zero-order valence-corrected chi connectivity index (χ0v) is 14.8. The second kappa shape index (κ2) is 14.0. The number of hydrogen-bond acceptors (Lipinski definition) is 3. The van der Waals surface area contributed by atoms with Crippen LogP contribution in [0.4, 0.5) is 0 Å². The molecule has 0 fully saturated rings. The van der Waals surface area contributed by atoms with Crippen molar-refractivity contribution < 1.29 is 17.8 Å². The van der Waals surface area contributed by atoms with Gasteiger partial charge in [0.2, 0.25) is 5.91 Å². The molecule has 0 aliphatic carbocycles. The molecule has 0 unspecified atom stereocenters. The van der Waals surface area contributed by atoms with Crippen LogP contribution in [0.2, 0.25) is 0 Å². The summed E-state index contributed by atoms with van der Waals surface area (Å²) in [6, 6.07) is 0. The van der Waals surface area contributed by atoms with Crippen LogP contribution in [0, 0.1) is 0 Å². The van der Waals surface area contributed by atoms with Crippen LogP contribution in [0.3, 0.4) is 0 Å². The van der Waals surface area contributed by atoms with Crippen LogP contribution in [0.25, 0.3) is 0 Å². The minimum Gasteiger partial charge on any atom is -0.356 e. The Bertz CT molecular complexity index is 368. The third-order valence-electron chi connectivity index (χ3n) is 3.66. The Kier molecular flexibility index (Phi) is 13.6. The average molecular weight is 336 g/mol. The van der Waals surface area contributed by atoms with E-state index in [9.17, 15) is 13.2 Å². The van der Waals surface area contributed by atoms with E-state index in [1.807, 2.05) is 0 Å². The fraction of sp³-hybridized carbons (Fsp3) is 0.938. The van der Waals surface area contributed by atoms with Crippen molar-refractivity contribution in [2.75, 3.05) is 12.3 Å². The molecule has 22 heavy (non-hydrogen) atoms. The van der Waals surface area contributed by atoms with Gasteiger partial charge in [-0.2, -0.15) is 8.42 Å². The maximum atomic E-state index is 11.5. The molecular formula is C16H33NO4S. The number of amides is 1. The van der Waals surface area contributed by atoms with Gasteiger partial charge in [0.15, 0.2) is 0 Å². The third-order valence-corrected chi connectivity index (χ3v) is 4.46. The zero-order chi connectivity index (χ0) is 16.7. The molecule has 132 valence electrons. The highest BCUT2D eigenvalue weighted by Gasteiger charge is 2.05. The Hall–Kier alpha value is -0.620. The van der Waals surface area contributed by atoms with Gasteiger partial charge in [0.25, 0.3) is 10.1 Å². The lowest BCUT2D eigenvalue weighted by Crippen LogP contribution is -2.25. The highest BCUT2D eigenvalue weighted by Crippen LogP contribution is 2.11. The van der Waals surface area contributed by atoms with E-state index in [2.05, 4.69) is 12.2 Å². The summed E-state index contributed by atoms with van der Waals surface area (Å²) in [5.74, 6) is -0.333. The summed E-state index contributed by atoms with van der Waals surface area (Å²) in [6.45, 7) is 2.53. The molecule has 6 heteroatoms. The van der Waals surface area contributed by atoms with Crippen LogP contribution < -0.4 is 5.32 Å². The van der Waals surface area contributed by atoms with E-state index in [-0.39, 0.29) is 18.1 Å². The number of carbonyl (C=O) groups excluding carboxylic acids is 1. The normalized spacial score (nSPS) is 11.5. The Balaban J connectivity index is 3.25. The third kappa shape index (κ3) is 17.4. The molecule has 0 rings (SSSR count). The average Bonchev–Trinajstić information content (AvgIpc) is 2.44. The fourth-order valence-corrected chi connectivity index (χ4v) is 2.85. The fourth-order valence-electron chi connectivity index (χ4n) is 2.34.